The zero-order chi connectivity index (χ0) is 11.8. The van der Waals surface area contributed by atoms with Crippen molar-refractivity contribution in [2.45, 2.75) is 12.8 Å². The van der Waals surface area contributed by atoms with Gasteiger partial charge in [0.15, 0.2) is 6.61 Å². The van der Waals surface area contributed by atoms with E-state index >= 15 is 0 Å². The minimum absolute atomic E-state index is 0.0458. The molecule has 0 aliphatic carbocycles. The fourth-order valence-electron chi connectivity index (χ4n) is 1.35. The largest absolute Gasteiger partial charge is 0.372 e. The second-order valence-electron chi connectivity index (χ2n) is 3.39. The maximum atomic E-state index is 11.6. The molecule has 16 heavy (non-hydrogen) atoms. The van der Waals surface area contributed by atoms with Crippen LogP contribution in [0.3, 0.4) is 0 Å². The number of carbonyl (C=O) groups is 1. The predicted octanol–water partition coefficient (Wildman–Crippen LogP) is 1.51. The molecule has 0 aromatic heterocycles. The lowest BCUT2D eigenvalue weighted by atomic mass is 10.1. The van der Waals surface area contributed by atoms with Gasteiger partial charge in [-0.25, -0.2) is 0 Å². The van der Waals surface area contributed by atoms with Gasteiger partial charge in [0.1, 0.15) is 0 Å². The Bertz CT molecular complexity index is 395. The molecule has 1 aromatic rings. The van der Waals surface area contributed by atoms with Gasteiger partial charge in [0.05, 0.1) is 0 Å². The second-order valence-corrected chi connectivity index (χ2v) is 3.39. The molecule has 0 unspecified atom stereocenters. The molecule has 84 valence electrons. The van der Waals surface area contributed by atoms with Crippen molar-refractivity contribution in [2.75, 3.05) is 13.7 Å². The van der Waals surface area contributed by atoms with Crippen LogP contribution in [0.5, 0.6) is 0 Å². The van der Waals surface area contributed by atoms with Gasteiger partial charge in [-0.15, -0.1) is 0 Å². The number of rotatable bonds is 6. The van der Waals surface area contributed by atoms with Crippen LogP contribution in [0, 0.1) is 0 Å². The van der Waals surface area contributed by atoms with Crippen LogP contribution < -0.4 is 0 Å². The molecule has 0 heterocycles. The molecule has 0 N–H and O–H groups in total. The SMILES string of the molecule is COCC(=[N+]=[N-])C(=O)CCc1ccccc1. The van der Waals surface area contributed by atoms with Crippen molar-refractivity contribution >= 4 is 11.5 Å². The van der Waals surface area contributed by atoms with Crippen LogP contribution in [0.4, 0.5) is 0 Å². The number of hydrogen-bond donors (Lipinski definition) is 0. The number of Topliss-reactive ketones (excluding diaryl/α,β-unsaturated/α-hetero) is 1. The molecule has 0 aliphatic rings. The molecular formula is C12H14N2O2. The minimum Gasteiger partial charge on any atom is -0.372 e. The molecule has 0 aliphatic heterocycles. The highest BCUT2D eigenvalue weighted by molar-refractivity contribution is 6.38. The molecular weight excluding hydrogens is 204 g/mol. The van der Waals surface area contributed by atoms with E-state index in [0.29, 0.717) is 12.8 Å². The lowest BCUT2D eigenvalue weighted by molar-refractivity contribution is -0.118. The summed E-state index contributed by atoms with van der Waals surface area (Å²) in [7, 11) is 1.45. The highest BCUT2D eigenvalue weighted by atomic mass is 16.5. The molecule has 0 radical (unpaired) electrons. The summed E-state index contributed by atoms with van der Waals surface area (Å²) in [5.74, 6) is -0.187. The van der Waals surface area contributed by atoms with Crippen LogP contribution in [-0.4, -0.2) is 30.0 Å². The van der Waals surface area contributed by atoms with Crippen LogP contribution >= 0.6 is 0 Å². The fourth-order valence-corrected chi connectivity index (χ4v) is 1.35. The molecule has 1 rings (SSSR count). The Labute approximate surface area is 94.5 Å². The quantitative estimate of drug-likeness (QED) is 0.412. The summed E-state index contributed by atoms with van der Waals surface area (Å²) < 4.78 is 4.76. The van der Waals surface area contributed by atoms with Crippen LogP contribution in [-0.2, 0) is 16.0 Å². The lowest BCUT2D eigenvalue weighted by Gasteiger charge is -1.98. The molecule has 0 saturated heterocycles. The van der Waals surface area contributed by atoms with Crippen LogP contribution in [0.2, 0.25) is 0 Å². The number of benzene rings is 1. The van der Waals surface area contributed by atoms with E-state index in [9.17, 15) is 4.79 Å². The summed E-state index contributed by atoms with van der Waals surface area (Å²) in [4.78, 5) is 14.5. The summed E-state index contributed by atoms with van der Waals surface area (Å²) in [6, 6.07) is 9.70. The molecule has 1 aromatic carbocycles. The summed E-state index contributed by atoms with van der Waals surface area (Å²) in [5.41, 5.74) is 9.77. The Morgan fingerprint density at radius 3 is 2.62 bits per heavy atom. The number of nitrogens with zero attached hydrogens (tertiary/aromatic N) is 2. The third-order valence-electron chi connectivity index (χ3n) is 2.21. The molecule has 0 bridgehead atoms. The van der Waals surface area contributed by atoms with Crippen molar-refractivity contribution in [1.82, 2.24) is 0 Å². The Hall–Kier alpha value is -1.77. The topological polar surface area (TPSA) is 62.7 Å². The van der Waals surface area contributed by atoms with Crippen molar-refractivity contribution in [3.8, 4) is 0 Å². The van der Waals surface area contributed by atoms with Crippen molar-refractivity contribution in [2.24, 2.45) is 0 Å². The van der Waals surface area contributed by atoms with Gasteiger partial charge in [-0.1, -0.05) is 30.3 Å². The van der Waals surface area contributed by atoms with E-state index in [1.165, 1.54) is 7.11 Å². The predicted molar refractivity (Wildman–Crippen MR) is 60.3 cm³/mol. The highest BCUT2D eigenvalue weighted by Gasteiger charge is 2.18. The Morgan fingerprint density at radius 1 is 1.38 bits per heavy atom. The number of ketones is 1. The van der Waals surface area contributed by atoms with Gasteiger partial charge < -0.3 is 10.3 Å². The normalized spacial score (nSPS) is 9.56. The van der Waals surface area contributed by atoms with Crippen LogP contribution in [0.25, 0.3) is 5.53 Å². The third-order valence-corrected chi connectivity index (χ3v) is 2.21. The lowest BCUT2D eigenvalue weighted by Crippen LogP contribution is -2.21. The molecule has 0 fully saturated rings. The maximum Gasteiger partial charge on any atom is 0.359 e. The first-order valence-corrected chi connectivity index (χ1v) is 5.05. The zero-order valence-corrected chi connectivity index (χ0v) is 9.22. The van der Waals surface area contributed by atoms with E-state index in [4.69, 9.17) is 10.3 Å². The van der Waals surface area contributed by atoms with Gasteiger partial charge >= 0.3 is 5.71 Å². The monoisotopic (exact) mass is 218 g/mol. The molecule has 0 spiro atoms. The van der Waals surface area contributed by atoms with Crippen molar-refractivity contribution in [3.05, 3.63) is 41.4 Å². The average molecular weight is 218 g/mol. The van der Waals surface area contributed by atoms with E-state index in [0.717, 1.165) is 5.56 Å². The smallest absolute Gasteiger partial charge is 0.359 e. The number of methoxy groups -OCH3 is 1. The van der Waals surface area contributed by atoms with Gasteiger partial charge in [-0.2, -0.15) is 4.79 Å². The average Bonchev–Trinajstić information content (AvgIpc) is 2.34. The molecule has 4 nitrogen and oxygen atoms in total. The Balaban J connectivity index is 2.50. The number of carbonyl (C=O) groups excluding carboxylic acids is 1. The number of hydrogen-bond acceptors (Lipinski definition) is 2. The maximum absolute atomic E-state index is 11.6. The summed E-state index contributed by atoms with van der Waals surface area (Å²) in [6.45, 7) is 0.0458. The van der Waals surface area contributed by atoms with Gasteiger partial charge in [-0.05, 0) is 12.0 Å². The van der Waals surface area contributed by atoms with Gasteiger partial charge in [-0.3, -0.25) is 4.79 Å². The first-order chi connectivity index (χ1) is 7.77. The second kappa shape index (κ2) is 6.67. The molecule has 4 heteroatoms. The zero-order valence-electron chi connectivity index (χ0n) is 9.22. The Morgan fingerprint density at radius 2 is 2.06 bits per heavy atom. The van der Waals surface area contributed by atoms with E-state index in [-0.39, 0.29) is 18.1 Å². The fraction of sp³-hybridized carbons (Fsp3) is 0.333. The summed E-state index contributed by atoms with van der Waals surface area (Å²) in [5, 5.41) is 0. The standard InChI is InChI=1S/C12H14N2O2/c1-16-9-11(14-13)12(15)8-7-10-5-3-2-4-6-10/h2-6H,7-9H2,1H3. The molecule has 0 atom stereocenters. The number of ether oxygens (including phenoxy) is 1. The van der Waals surface area contributed by atoms with Gasteiger partial charge in [0, 0.05) is 13.5 Å². The van der Waals surface area contributed by atoms with E-state index in [1.807, 2.05) is 30.3 Å². The van der Waals surface area contributed by atoms with Gasteiger partial charge in [0.2, 0.25) is 5.78 Å². The molecule has 0 amide bonds. The minimum atomic E-state index is -0.187. The van der Waals surface area contributed by atoms with Crippen LogP contribution in [0.1, 0.15) is 12.0 Å². The summed E-state index contributed by atoms with van der Waals surface area (Å²) >= 11 is 0. The Kier molecular flexibility index (Phi) is 5.12. The van der Waals surface area contributed by atoms with Gasteiger partial charge in [0.25, 0.3) is 0 Å². The third kappa shape index (κ3) is 3.77. The van der Waals surface area contributed by atoms with E-state index in [1.54, 1.807) is 0 Å². The van der Waals surface area contributed by atoms with Crippen molar-refractivity contribution < 1.29 is 14.3 Å². The first-order valence-electron chi connectivity index (χ1n) is 5.05. The first kappa shape index (κ1) is 12.3. The highest BCUT2D eigenvalue weighted by Crippen LogP contribution is 2.03. The van der Waals surface area contributed by atoms with E-state index < -0.39 is 0 Å². The summed E-state index contributed by atoms with van der Waals surface area (Å²) in [6.07, 6.45) is 0.967. The molecule has 0 saturated carbocycles. The van der Waals surface area contributed by atoms with E-state index in [2.05, 4.69) is 4.79 Å². The number of aryl methyl sites for hydroxylation is 1. The van der Waals surface area contributed by atoms with Crippen LogP contribution in [0.15, 0.2) is 30.3 Å². The van der Waals surface area contributed by atoms with Crippen molar-refractivity contribution in [1.29, 1.82) is 0 Å². The van der Waals surface area contributed by atoms with Crippen molar-refractivity contribution in [3.63, 3.8) is 0 Å².